The molecule has 198 valence electrons. The van der Waals surface area contributed by atoms with Gasteiger partial charge < -0.3 is 30.6 Å². The molecule has 0 aliphatic heterocycles. The Hall–Kier alpha value is -3.81. The maximum absolute atomic E-state index is 10.5. The maximum Gasteiger partial charge on any atom is 0.298 e. The predicted molar refractivity (Wildman–Crippen MR) is 119 cm³/mol. The van der Waals surface area contributed by atoms with Crippen LogP contribution in [0.5, 0.6) is 34.5 Å². The van der Waals surface area contributed by atoms with Gasteiger partial charge in [0, 0.05) is 18.2 Å². The second kappa shape index (κ2) is 11.3. The highest BCUT2D eigenvalue weighted by Crippen LogP contribution is 2.27. The minimum absolute atomic E-state index is 0.347. The molecule has 0 atom stereocenters. The Morgan fingerprint density at radius 2 is 0.583 bits per heavy atom. The van der Waals surface area contributed by atoms with Gasteiger partial charge in [0.15, 0.2) is 0 Å². The van der Waals surface area contributed by atoms with Gasteiger partial charge in [0.2, 0.25) is 0 Å². The topological polar surface area (TPSA) is 284 Å². The van der Waals surface area contributed by atoms with Gasteiger partial charge in [0.1, 0.15) is 49.2 Å². The minimum Gasteiger partial charge on any atom is -0.508 e. The van der Waals surface area contributed by atoms with Crippen LogP contribution in [0.25, 0.3) is 0 Å². The summed E-state index contributed by atoms with van der Waals surface area (Å²) in [5, 5.41) is 53.2. The first-order valence-electron chi connectivity index (χ1n) is 8.72. The molecule has 0 bridgehead atoms. The van der Waals surface area contributed by atoms with Crippen LogP contribution < -0.4 is 0 Å². The average molecular weight is 571 g/mol. The Balaban J connectivity index is 0.000000270. The van der Waals surface area contributed by atoms with Crippen molar-refractivity contribution in [2.45, 2.75) is 14.7 Å². The lowest BCUT2D eigenvalue weighted by molar-refractivity contribution is 0.432. The van der Waals surface area contributed by atoms with Gasteiger partial charge in [-0.25, -0.2) is 0 Å². The lowest BCUT2D eigenvalue weighted by atomic mass is 10.3. The summed E-state index contributed by atoms with van der Waals surface area (Å²) in [5.41, 5.74) is 0. The highest BCUT2D eigenvalue weighted by atomic mass is 32.2. The van der Waals surface area contributed by atoms with Gasteiger partial charge in [-0.3, -0.25) is 13.7 Å². The number of aromatic hydroxyl groups is 6. The molecule has 18 heteroatoms. The monoisotopic (exact) mass is 570 g/mol. The van der Waals surface area contributed by atoms with Crippen molar-refractivity contribution in [1.29, 1.82) is 0 Å². The van der Waals surface area contributed by atoms with Crippen molar-refractivity contribution in [1.82, 2.24) is 0 Å². The molecular formula is C18H18O15S3. The average Bonchev–Trinajstić information content (AvgIpc) is 2.72. The summed E-state index contributed by atoms with van der Waals surface area (Å²) in [5.74, 6) is -2.85. The molecule has 0 saturated heterocycles. The van der Waals surface area contributed by atoms with Gasteiger partial charge in [0.05, 0.1) is 0 Å². The summed E-state index contributed by atoms with van der Waals surface area (Å²) in [4.78, 5) is -2.12. The smallest absolute Gasteiger partial charge is 0.298 e. The van der Waals surface area contributed by atoms with E-state index in [2.05, 4.69) is 0 Å². The van der Waals surface area contributed by atoms with Crippen molar-refractivity contribution in [3.63, 3.8) is 0 Å². The molecule has 9 N–H and O–H groups in total. The van der Waals surface area contributed by atoms with E-state index in [1.54, 1.807) is 0 Å². The fourth-order valence-corrected chi connectivity index (χ4v) is 3.93. The Kier molecular flexibility index (Phi) is 9.47. The number of hydrogen-bond donors (Lipinski definition) is 9. The zero-order valence-corrected chi connectivity index (χ0v) is 19.8. The van der Waals surface area contributed by atoms with Gasteiger partial charge >= 0.3 is 0 Å². The molecule has 0 heterocycles. The van der Waals surface area contributed by atoms with E-state index < -0.39 is 62.3 Å². The fourth-order valence-electron chi connectivity index (χ4n) is 2.13. The first kappa shape index (κ1) is 30.2. The zero-order valence-electron chi connectivity index (χ0n) is 17.4. The first-order chi connectivity index (χ1) is 16.2. The molecule has 0 spiro atoms. The lowest BCUT2D eigenvalue weighted by Crippen LogP contribution is -1.97. The zero-order chi connectivity index (χ0) is 28.1. The first-order valence-corrected chi connectivity index (χ1v) is 13.0. The molecule has 0 unspecified atom stereocenters. The van der Waals surface area contributed by atoms with Crippen molar-refractivity contribution >= 4 is 30.4 Å². The van der Waals surface area contributed by atoms with E-state index in [1.807, 2.05) is 0 Å². The maximum atomic E-state index is 10.5. The summed E-state index contributed by atoms with van der Waals surface area (Å²) in [6.45, 7) is 0. The number of phenols is 6. The molecule has 0 amide bonds. The van der Waals surface area contributed by atoms with Gasteiger partial charge in [-0.15, -0.1) is 0 Å². The molecule has 3 aromatic carbocycles. The lowest BCUT2D eigenvalue weighted by Gasteiger charge is -2.00. The third-order valence-corrected chi connectivity index (χ3v) is 6.31. The van der Waals surface area contributed by atoms with Crippen molar-refractivity contribution in [2.75, 3.05) is 0 Å². The van der Waals surface area contributed by atoms with Crippen molar-refractivity contribution < 1.29 is 69.6 Å². The Bertz CT molecular complexity index is 1370. The van der Waals surface area contributed by atoms with Crippen LogP contribution >= 0.6 is 0 Å². The normalized spacial score (nSPS) is 11.4. The third kappa shape index (κ3) is 9.09. The van der Waals surface area contributed by atoms with Crippen LogP contribution in [0.4, 0.5) is 0 Å². The van der Waals surface area contributed by atoms with E-state index in [1.165, 1.54) is 0 Å². The summed E-state index contributed by atoms with van der Waals surface area (Å²) < 4.78 is 88.4. The Labute approximate surface area is 203 Å². The van der Waals surface area contributed by atoms with Crippen molar-refractivity contribution in [3.8, 4) is 34.5 Å². The van der Waals surface area contributed by atoms with E-state index in [0.29, 0.717) is 0 Å². The number of benzene rings is 3. The van der Waals surface area contributed by atoms with Crippen LogP contribution in [-0.2, 0) is 30.4 Å². The van der Waals surface area contributed by atoms with Crippen LogP contribution in [0, 0.1) is 0 Å². The second-order valence-electron chi connectivity index (χ2n) is 6.38. The summed E-state index contributed by atoms with van der Waals surface area (Å²) in [7, 11) is -13.4. The minimum atomic E-state index is -4.47. The molecule has 0 radical (unpaired) electrons. The largest absolute Gasteiger partial charge is 0.508 e. The summed E-state index contributed by atoms with van der Waals surface area (Å²) in [6.07, 6.45) is 0. The SMILES string of the molecule is O=S(=O)(O)c1cc(O)ccc1O.O=S(=O)(O)c1cc(O)ccc1O.O=S(=O)(O)c1cc(O)ccc1O. The number of phenolic OH excluding ortho intramolecular Hbond substituents is 6. The van der Waals surface area contributed by atoms with E-state index in [4.69, 9.17) is 44.3 Å². The van der Waals surface area contributed by atoms with Gasteiger partial charge in [0.25, 0.3) is 30.4 Å². The van der Waals surface area contributed by atoms with Crippen LogP contribution in [-0.4, -0.2) is 69.6 Å². The van der Waals surface area contributed by atoms with E-state index >= 15 is 0 Å². The second-order valence-corrected chi connectivity index (χ2v) is 10.6. The molecule has 0 aliphatic rings. The quantitative estimate of drug-likeness (QED) is 0.157. The fraction of sp³-hybridized carbons (Fsp3) is 0. The predicted octanol–water partition coefficient (Wildman–Crippen LogP) is 1.03. The van der Waals surface area contributed by atoms with Crippen LogP contribution in [0.3, 0.4) is 0 Å². The van der Waals surface area contributed by atoms with E-state index in [-0.39, 0.29) is 17.2 Å². The molecular weight excluding hydrogens is 552 g/mol. The van der Waals surface area contributed by atoms with E-state index in [9.17, 15) is 25.3 Å². The van der Waals surface area contributed by atoms with Crippen molar-refractivity contribution in [3.05, 3.63) is 54.6 Å². The number of hydrogen-bond acceptors (Lipinski definition) is 12. The molecule has 0 aromatic heterocycles. The Morgan fingerprint density at radius 1 is 0.389 bits per heavy atom. The van der Waals surface area contributed by atoms with E-state index in [0.717, 1.165) is 54.6 Å². The molecule has 0 aliphatic carbocycles. The molecule has 36 heavy (non-hydrogen) atoms. The summed E-state index contributed by atoms with van der Waals surface area (Å²) >= 11 is 0. The summed E-state index contributed by atoms with van der Waals surface area (Å²) in [6, 6.07) is 8.48. The van der Waals surface area contributed by atoms with Crippen LogP contribution in [0.2, 0.25) is 0 Å². The van der Waals surface area contributed by atoms with Crippen molar-refractivity contribution in [2.24, 2.45) is 0 Å². The Morgan fingerprint density at radius 3 is 0.722 bits per heavy atom. The standard InChI is InChI=1S/3C6H6O5S/c3*7-4-1-2-5(8)6(3-4)12(9,10)11/h3*1-3,7-8H,(H,9,10,11). The van der Waals surface area contributed by atoms with Crippen LogP contribution in [0.1, 0.15) is 0 Å². The molecule has 0 fully saturated rings. The van der Waals surface area contributed by atoms with Crippen LogP contribution in [0.15, 0.2) is 69.3 Å². The number of rotatable bonds is 3. The van der Waals surface area contributed by atoms with Gasteiger partial charge in [-0.05, 0) is 36.4 Å². The molecule has 3 aromatic rings. The molecule has 15 nitrogen and oxygen atoms in total. The molecule has 0 saturated carbocycles. The molecule has 3 rings (SSSR count). The highest BCUT2D eigenvalue weighted by Gasteiger charge is 2.17. The van der Waals surface area contributed by atoms with Gasteiger partial charge in [-0.2, -0.15) is 25.3 Å². The highest BCUT2D eigenvalue weighted by molar-refractivity contribution is 7.86. The third-order valence-electron chi connectivity index (χ3n) is 3.66. The van der Waals surface area contributed by atoms with Gasteiger partial charge in [-0.1, -0.05) is 0 Å².